The van der Waals surface area contributed by atoms with Crippen LogP contribution in [-0.4, -0.2) is 8.97 Å². The van der Waals surface area contributed by atoms with E-state index in [1.54, 1.807) is 0 Å². The van der Waals surface area contributed by atoms with E-state index in [1.807, 2.05) is 60.7 Å². The quantitative estimate of drug-likeness (QED) is 0.175. The number of benzene rings is 5. The van der Waals surface area contributed by atoms with Gasteiger partial charge in [0.05, 0.1) is 33.0 Å². The maximum absolute atomic E-state index is 14.7. The lowest BCUT2D eigenvalue weighted by molar-refractivity contribution is 0.642. The van der Waals surface area contributed by atoms with Gasteiger partial charge in [-0.25, -0.2) is 0 Å². The molecule has 0 radical (unpaired) electrons. The number of nitrogens with zero attached hydrogens (tertiary/aromatic N) is 2. The minimum atomic E-state index is -0.355. The minimum absolute atomic E-state index is 0.0239. The molecule has 0 fully saturated rings. The third-order valence-electron chi connectivity index (χ3n) is 9.00. The van der Waals surface area contributed by atoms with Gasteiger partial charge in [-0.15, -0.1) is 0 Å². The smallest absolute Gasteiger partial charge is 0.199 e. The van der Waals surface area contributed by atoms with Crippen molar-refractivity contribution in [3.8, 4) is 5.69 Å². The third kappa shape index (κ3) is 2.28. The first-order chi connectivity index (χ1) is 19.0. The molecule has 0 atom stereocenters. The first kappa shape index (κ1) is 21.0. The van der Waals surface area contributed by atoms with E-state index in [4.69, 9.17) is 0 Å². The summed E-state index contributed by atoms with van der Waals surface area (Å²) >= 11 is 0. The van der Waals surface area contributed by atoms with Gasteiger partial charge in [-0.1, -0.05) is 74.5 Å². The Kier molecular flexibility index (Phi) is 3.62. The molecular weight excluding hydrogens is 480 g/mol. The van der Waals surface area contributed by atoms with Crippen LogP contribution in [0.5, 0.6) is 0 Å². The summed E-state index contributed by atoms with van der Waals surface area (Å²) < 4.78 is 4.41. The van der Waals surface area contributed by atoms with Crippen LogP contribution in [0.25, 0.3) is 65.6 Å². The molecule has 0 N–H and O–H groups in total. The van der Waals surface area contributed by atoms with Crippen LogP contribution in [0.3, 0.4) is 0 Å². The second-order valence-electron chi connectivity index (χ2n) is 11.3. The monoisotopic (exact) mass is 502 g/mol. The van der Waals surface area contributed by atoms with Gasteiger partial charge in [0, 0.05) is 38.0 Å². The van der Waals surface area contributed by atoms with Crippen molar-refractivity contribution in [2.24, 2.45) is 0 Å². The fourth-order valence-corrected chi connectivity index (χ4v) is 7.29. The van der Waals surface area contributed by atoms with Crippen LogP contribution in [0, 0.1) is 0 Å². The summed E-state index contributed by atoms with van der Waals surface area (Å²) in [7, 11) is 0. The zero-order valence-corrected chi connectivity index (χ0v) is 21.4. The van der Waals surface area contributed by atoms with E-state index in [-0.39, 0.29) is 16.3 Å². The van der Waals surface area contributed by atoms with Crippen molar-refractivity contribution in [2.75, 3.05) is 0 Å². The first-order valence-electron chi connectivity index (χ1n) is 13.3. The summed E-state index contributed by atoms with van der Waals surface area (Å²) in [6.45, 7) is 4.37. The predicted octanol–water partition coefficient (Wildman–Crippen LogP) is 7.29. The van der Waals surface area contributed by atoms with E-state index in [0.717, 1.165) is 49.7 Å². The van der Waals surface area contributed by atoms with Gasteiger partial charge in [-0.3, -0.25) is 9.59 Å². The van der Waals surface area contributed by atoms with Crippen LogP contribution in [0.15, 0.2) is 107 Å². The molecule has 0 bridgehead atoms. The summed E-state index contributed by atoms with van der Waals surface area (Å²) in [6, 6.07) is 32.5. The van der Waals surface area contributed by atoms with Gasteiger partial charge in [-0.2, -0.15) is 0 Å². The summed E-state index contributed by atoms with van der Waals surface area (Å²) in [6.07, 6.45) is 0. The summed E-state index contributed by atoms with van der Waals surface area (Å²) in [5, 5.41) is 4.51. The summed E-state index contributed by atoms with van der Waals surface area (Å²) in [5.41, 5.74) is 7.18. The second-order valence-corrected chi connectivity index (χ2v) is 11.3. The topological polar surface area (TPSA) is 43.5 Å². The number of fused-ring (bicyclic) bond motifs is 4. The maximum atomic E-state index is 14.7. The maximum Gasteiger partial charge on any atom is 0.199 e. The molecule has 1 aliphatic rings. The van der Waals surface area contributed by atoms with Crippen molar-refractivity contribution in [3.05, 3.63) is 129 Å². The van der Waals surface area contributed by atoms with E-state index in [2.05, 4.69) is 59.2 Å². The van der Waals surface area contributed by atoms with Gasteiger partial charge in [-0.05, 0) is 47.5 Å². The first-order valence-corrected chi connectivity index (χ1v) is 13.3. The van der Waals surface area contributed by atoms with Gasteiger partial charge in [0.15, 0.2) is 10.9 Å². The third-order valence-corrected chi connectivity index (χ3v) is 9.00. The van der Waals surface area contributed by atoms with E-state index < -0.39 is 0 Å². The highest BCUT2D eigenvalue weighted by atomic mass is 16.1. The van der Waals surface area contributed by atoms with Crippen molar-refractivity contribution in [1.82, 2.24) is 8.97 Å². The molecule has 0 amide bonds. The lowest BCUT2D eigenvalue weighted by Crippen LogP contribution is -2.28. The largest absolute Gasteiger partial charge is 0.308 e. The fraction of sp³-hybridized carbons (Fsp3) is 0.0857. The van der Waals surface area contributed by atoms with Crippen LogP contribution in [0.4, 0.5) is 0 Å². The molecule has 0 saturated heterocycles. The van der Waals surface area contributed by atoms with Crippen molar-refractivity contribution in [3.63, 3.8) is 0 Å². The molecule has 0 unspecified atom stereocenters. The highest BCUT2D eigenvalue weighted by Gasteiger charge is 2.35. The van der Waals surface area contributed by atoms with Gasteiger partial charge in [0.1, 0.15) is 0 Å². The Balaban J connectivity index is 1.73. The van der Waals surface area contributed by atoms with Gasteiger partial charge < -0.3 is 8.97 Å². The zero-order chi connectivity index (χ0) is 26.2. The molecule has 0 spiro atoms. The Labute approximate surface area is 222 Å². The van der Waals surface area contributed by atoms with E-state index >= 15 is 0 Å². The molecule has 5 aromatic carbocycles. The molecule has 4 heterocycles. The summed E-state index contributed by atoms with van der Waals surface area (Å²) in [5.74, 6) is 0. The van der Waals surface area contributed by atoms with Crippen molar-refractivity contribution < 1.29 is 0 Å². The van der Waals surface area contributed by atoms with Crippen molar-refractivity contribution >= 4 is 59.9 Å². The van der Waals surface area contributed by atoms with Crippen LogP contribution < -0.4 is 10.9 Å². The van der Waals surface area contributed by atoms with Crippen LogP contribution >= 0.6 is 0 Å². The minimum Gasteiger partial charge on any atom is -0.308 e. The summed E-state index contributed by atoms with van der Waals surface area (Å²) in [4.78, 5) is 28.9. The molecule has 4 heteroatoms. The van der Waals surface area contributed by atoms with E-state index in [0.29, 0.717) is 27.1 Å². The lowest BCUT2D eigenvalue weighted by atomic mass is 9.74. The van der Waals surface area contributed by atoms with Crippen LogP contribution in [0.2, 0.25) is 0 Å². The molecule has 0 aliphatic carbocycles. The molecule has 8 aromatic rings. The normalized spacial score (nSPS) is 14.3. The average molecular weight is 503 g/mol. The Morgan fingerprint density at radius 1 is 0.538 bits per heavy atom. The number of hydrogen-bond donors (Lipinski definition) is 0. The number of rotatable bonds is 1. The Morgan fingerprint density at radius 2 is 1.15 bits per heavy atom. The zero-order valence-electron chi connectivity index (χ0n) is 21.4. The van der Waals surface area contributed by atoms with Crippen LogP contribution in [0.1, 0.15) is 25.0 Å². The Hall–Kier alpha value is -4.96. The molecule has 1 aliphatic heterocycles. The van der Waals surface area contributed by atoms with Crippen molar-refractivity contribution in [1.29, 1.82) is 0 Å². The Bertz CT molecular complexity index is 2470. The SMILES string of the molecule is CC1(C)c2cccc3c(=O)c4cc5c6ccccc6n(-c6ccccc6)c5c5c(=O)c6cccc1c6n(c23)c45. The van der Waals surface area contributed by atoms with Crippen molar-refractivity contribution in [2.45, 2.75) is 19.3 Å². The van der Waals surface area contributed by atoms with Gasteiger partial charge >= 0.3 is 0 Å². The molecule has 9 rings (SSSR count). The van der Waals surface area contributed by atoms with Gasteiger partial charge in [0.2, 0.25) is 0 Å². The average Bonchev–Trinajstić information content (AvgIpc) is 3.30. The lowest BCUT2D eigenvalue weighted by Gasteiger charge is -2.34. The second kappa shape index (κ2) is 6.72. The number of pyridine rings is 2. The molecule has 3 aromatic heterocycles. The predicted molar refractivity (Wildman–Crippen MR) is 160 cm³/mol. The molecule has 4 nitrogen and oxygen atoms in total. The standard InChI is InChI=1S/C35H22N2O2/c1-35(2)25-15-8-13-21-29(25)37-30-22(14-9-16-26(30)35)34(39)28-31-23(18-24(32(28)37)33(21)38)20-12-6-7-17-27(20)36(31)19-10-4-3-5-11-19/h3-18H,1-2H3. The molecular formula is C35H22N2O2. The number of para-hydroxylation sites is 4. The fourth-order valence-electron chi connectivity index (χ4n) is 7.29. The highest BCUT2D eigenvalue weighted by molar-refractivity contribution is 6.25. The number of hydrogen-bond acceptors (Lipinski definition) is 2. The van der Waals surface area contributed by atoms with E-state index in [9.17, 15) is 9.59 Å². The van der Waals surface area contributed by atoms with Gasteiger partial charge in [0.25, 0.3) is 0 Å². The molecule has 39 heavy (non-hydrogen) atoms. The number of aromatic nitrogens is 2. The van der Waals surface area contributed by atoms with Crippen LogP contribution in [-0.2, 0) is 5.41 Å². The van der Waals surface area contributed by atoms with E-state index in [1.165, 1.54) is 0 Å². The highest BCUT2D eigenvalue weighted by Crippen LogP contribution is 2.46. The molecule has 0 saturated carbocycles. The molecule has 184 valence electrons. The Morgan fingerprint density at radius 3 is 1.87 bits per heavy atom.